The number of para-hydroxylation sites is 2. The SMILES string of the molecule is COCCOc1ccccc1NC(=O)C(C)C1CNC1. The molecular weight excluding hydrogens is 256 g/mol. The summed E-state index contributed by atoms with van der Waals surface area (Å²) in [5.74, 6) is 1.15. The molecule has 1 fully saturated rings. The van der Waals surface area contributed by atoms with Crippen molar-refractivity contribution < 1.29 is 14.3 Å². The molecule has 1 aliphatic heterocycles. The Bertz CT molecular complexity index is 446. The van der Waals surface area contributed by atoms with Crippen molar-refractivity contribution in [2.24, 2.45) is 11.8 Å². The van der Waals surface area contributed by atoms with Crippen LogP contribution in [-0.4, -0.2) is 39.3 Å². The number of hydrogen-bond acceptors (Lipinski definition) is 4. The van der Waals surface area contributed by atoms with Gasteiger partial charge in [0.05, 0.1) is 12.3 Å². The Hall–Kier alpha value is -1.59. The lowest BCUT2D eigenvalue weighted by Crippen LogP contribution is -2.48. The molecule has 1 aromatic carbocycles. The normalized spacial score (nSPS) is 16.3. The Morgan fingerprint density at radius 1 is 1.40 bits per heavy atom. The number of carbonyl (C=O) groups excluding carboxylic acids is 1. The standard InChI is InChI=1S/C15H22N2O3/c1-11(12-9-16-10-12)15(18)17-13-5-3-4-6-14(13)20-8-7-19-2/h3-6,11-12,16H,7-10H2,1-2H3,(H,17,18). The van der Waals surface area contributed by atoms with Crippen LogP contribution >= 0.6 is 0 Å². The van der Waals surface area contributed by atoms with Gasteiger partial charge in [-0.2, -0.15) is 0 Å². The molecule has 1 aromatic rings. The van der Waals surface area contributed by atoms with Gasteiger partial charge in [-0.1, -0.05) is 19.1 Å². The Kier molecular flexibility index (Phi) is 5.38. The molecule has 1 atom stereocenters. The summed E-state index contributed by atoms with van der Waals surface area (Å²) in [6.45, 7) is 4.79. The number of methoxy groups -OCH3 is 1. The van der Waals surface area contributed by atoms with E-state index < -0.39 is 0 Å². The molecular formula is C15H22N2O3. The molecule has 5 nitrogen and oxygen atoms in total. The van der Waals surface area contributed by atoms with Gasteiger partial charge in [0, 0.05) is 13.0 Å². The maximum Gasteiger partial charge on any atom is 0.227 e. The van der Waals surface area contributed by atoms with Gasteiger partial charge in [-0.15, -0.1) is 0 Å². The number of benzene rings is 1. The molecule has 1 aliphatic rings. The van der Waals surface area contributed by atoms with E-state index in [9.17, 15) is 4.79 Å². The third kappa shape index (κ3) is 3.71. The minimum absolute atomic E-state index is 0.00304. The molecule has 0 aliphatic carbocycles. The third-order valence-electron chi connectivity index (χ3n) is 3.62. The predicted molar refractivity (Wildman–Crippen MR) is 78.0 cm³/mol. The van der Waals surface area contributed by atoms with Crippen LogP contribution in [0.5, 0.6) is 5.75 Å². The summed E-state index contributed by atoms with van der Waals surface area (Å²) in [6.07, 6.45) is 0. The highest BCUT2D eigenvalue weighted by Crippen LogP contribution is 2.25. The average molecular weight is 278 g/mol. The molecule has 0 radical (unpaired) electrons. The lowest BCUT2D eigenvalue weighted by Gasteiger charge is -2.31. The monoisotopic (exact) mass is 278 g/mol. The van der Waals surface area contributed by atoms with E-state index in [4.69, 9.17) is 9.47 Å². The fourth-order valence-corrected chi connectivity index (χ4v) is 2.06. The predicted octanol–water partition coefficient (Wildman–Crippen LogP) is 1.51. The molecule has 0 aromatic heterocycles. The Morgan fingerprint density at radius 3 is 2.80 bits per heavy atom. The van der Waals surface area contributed by atoms with E-state index in [-0.39, 0.29) is 11.8 Å². The molecule has 110 valence electrons. The quantitative estimate of drug-likeness (QED) is 0.742. The fraction of sp³-hybridized carbons (Fsp3) is 0.533. The molecule has 0 bridgehead atoms. The van der Waals surface area contributed by atoms with Gasteiger partial charge in [0.15, 0.2) is 0 Å². The number of nitrogens with one attached hydrogen (secondary N) is 2. The zero-order valence-electron chi connectivity index (χ0n) is 12.0. The van der Waals surface area contributed by atoms with Crippen LogP contribution in [0, 0.1) is 11.8 Å². The number of hydrogen-bond donors (Lipinski definition) is 2. The van der Waals surface area contributed by atoms with Crippen molar-refractivity contribution in [1.29, 1.82) is 0 Å². The Labute approximate surface area is 119 Å². The van der Waals surface area contributed by atoms with Gasteiger partial charge >= 0.3 is 0 Å². The second-order valence-electron chi connectivity index (χ2n) is 5.03. The van der Waals surface area contributed by atoms with Crippen LogP contribution < -0.4 is 15.4 Å². The molecule has 5 heteroatoms. The maximum absolute atomic E-state index is 12.2. The van der Waals surface area contributed by atoms with E-state index in [0.29, 0.717) is 30.6 Å². The first kappa shape index (κ1) is 14.8. The van der Waals surface area contributed by atoms with Crippen LogP contribution in [0.2, 0.25) is 0 Å². The van der Waals surface area contributed by atoms with Gasteiger partial charge in [0.1, 0.15) is 12.4 Å². The molecule has 1 amide bonds. The van der Waals surface area contributed by atoms with Crippen molar-refractivity contribution in [3.63, 3.8) is 0 Å². The molecule has 1 saturated heterocycles. The van der Waals surface area contributed by atoms with Crippen LogP contribution in [0.1, 0.15) is 6.92 Å². The van der Waals surface area contributed by atoms with E-state index in [1.807, 2.05) is 31.2 Å². The summed E-state index contributed by atoms with van der Waals surface area (Å²) < 4.78 is 10.6. The number of amides is 1. The first-order valence-electron chi connectivity index (χ1n) is 6.94. The van der Waals surface area contributed by atoms with Crippen molar-refractivity contribution in [3.8, 4) is 5.75 Å². The Morgan fingerprint density at radius 2 is 2.15 bits per heavy atom. The summed E-state index contributed by atoms with van der Waals surface area (Å²) in [6, 6.07) is 7.47. The van der Waals surface area contributed by atoms with Crippen molar-refractivity contribution in [3.05, 3.63) is 24.3 Å². The van der Waals surface area contributed by atoms with E-state index in [2.05, 4.69) is 10.6 Å². The van der Waals surface area contributed by atoms with Gasteiger partial charge < -0.3 is 20.1 Å². The van der Waals surface area contributed by atoms with E-state index >= 15 is 0 Å². The highest BCUT2D eigenvalue weighted by atomic mass is 16.5. The highest BCUT2D eigenvalue weighted by Gasteiger charge is 2.28. The van der Waals surface area contributed by atoms with Crippen LogP contribution in [0.25, 0.3) is 0 Å². The molecule has 2 N–H and O–H groups in total. The van der Waals surface area contributed by atoms with Gasteiger partial charge in [-0.05, 0) is 31.1 Å². The van der Waals surface area contributed by atoms with E-state index in [1.165, 1.54) is 0 Å². The van der Waals surface area contributed by atoms with Crippen molar-refractivity contribution in [2.75, 3.05) is 38.7 Å². The van der Waals surface area contributed by atoms with Crippen LogP contribution in [0.15, 0.2) is 24.3 Å². The summed E-state index contributed by atoms with van der Waals surface area (Å²) in [7, 11) is 1.63. The molecule has 1 unspecified atom stereocenters. The van der Waals surface area contributed by atoms with Crippen molar-refractivity contribution >= 4 is 11.6 Å². The lowest BCUT2D eigenvalue weighted by molar-refractivity contribution is -0.121. The molecule has 20 heavy (non-hydrogen) atoms. The zero-order valence-corrected chi connectivity index (χ0v) is 12.0. The van der Waals surface area contributed by atoms with Crippen molar-refractivity contribution in [2.45, 2.75) is 6.92 Å². The second kappa shape index (κ2) is 7.26. The zero-order chi connectivity index (χ0) is 14.4. The molecule has 0 saturated carbocycles. The topological polar surface area (TPSA) is 59.6 Å². The molecule has 2 rings (SSSR count). The van der Waals surface area contributed by atoms with Crippen LogP contribution in [-0.2, 0) is 9.53 Å². The molecule has 0 spiro atoms. The summed E-state index contributed by atoms with van der Waals surface area (Å²) >= 11 is 0. The number of ether oxygens (including phenoxy) is 2. The smallest absolute Gasteiger partial charge is 0.227 e. The number of carbonyl (C=O) groups is 1. The van der Waals surface area contributed by atoms with Crippen molar-refractivity contribution in [1.82, 2.24) is 5.32 Å². The fourth-order valence-electron chi connectivity index (χ4n) is 2.06. The first-order valence-corrected chi connectivity index (χ1v) is 6.94. The second-order valence-corrected chi connectivity index (χ2v) is 5.03. The lowest BCUT2D eigenvalue weighted by atomic mass is 9.88. The summed E-state index contributed by atoms with van der Waals surface area (Å²) in [4.78, 5) is 12.2. The van der Waals surface area contributed by atoms with E-state index in [0.717, 1.165) is 13.1 Å². The largest absolute Gasteiger partial charge is 0.489 e. The third-order valence-corrected chi connectivity index (χ3v) is 3.62. The highest BCUT2D eigenvalue weighted by molar-refractivity contribution is 5.94. The summed E-state index contributed by atoms with van der Waals surface area (Å²) in [5, 5.41) is 6.14. The van der Waals surface area contributed by atoms with Gasteiger partial charge in [0.25, 0.3) is 0 Å². The van der Waals surface area contributed by atoms with Gasteiger partial charge in [0.2, 0.25) is 5.91 Å². The first-order chi connectivity index (χ1) is 9.72. The Balaban J connectivity index is 1.95. The van der Waals surface area contributed by atoms with Gasteiger partial charge in [-0.25, -0.2) is 0 Å². The number of anilines is 1. The van der Waals surface area contributed by atoms with E-state index in [1.54, 1.807) is 7.11 Å². The summed E-state index contributed by atoms with van der Waals surface area (Å²) in [5.41, 5.74) is 0.715. The minimum Gasteiger partial charge on any atom is -0.489 e. The number of rotatable bonds is 7. The minimum atomic E-state index is 0.00304. The van der Waals surface area contributed by atoms with Crippen LogP contribution in [0.3, 0.4) is 0 Å². The van der Waals surface area contributed by atoms with Crippen LogP contribution in [0.4, 0.5) is 5.69 Å². The molecule has 1 heterocycles. The average Bonchev–Trinajstić information content (AvgIpc) is 2.39. The maximum atomic E-state index is 12.2. The van der Waals surface area contributed by atoms with Gasteiger partial charge in [-0.3, -0.25) is 4.79 Å².